The summed E-state index contributed by atoms with van der Waals surface area (Å²) in [5, 5.41) is 3.02. The maximum absolute atomic E-state index is 11.9. The van der Waals surface area contributed by atoms with E-state index in [2.05, 4.69) is 18.5 Å². The van der Waals surface area contributed by atoms with Crippen LogP contribution in [-0.4, -0.2) is 18.2 Å². The first-order valence-electron chi connectivity index (χ1n) is 12.7. The van der Waals surface area contributed by atoms with Crippen molar-refractivity contribution in [1.82, 2.24) is 5.32 Å². The fourth-order valence-electron chi connectivity index (χ4n) is 3.66. The molecule has 0 atom stereocenters. The third kappa shape index (κ3) is 22.9. The zero-order chi connectivity index (χ0) is 22.1. The fourth-order valence-corrected chi connectivity index (χ4v) is 3.66. The van der Waals surface area contributed by atoms with Gasteiger partial charge in [-0.2, -0.15) is 0 Å². The van der Waals surface area contributed by atoms with E-state index in [1.807, 2.05) is 12.2 Å². The molecule has 0 aromatic rings. The van der Waals surface area contributed by atoms with E-state index < -0.39 is 0 Å². The number of unbranched alkanes of at least 4 members (excludes halogenated alkanes) is 14. The van der Waals surface area contributed by atoms with E-state index >= 15 is 0 Å². The summed E-state index contributed by atoms with van der Waals surface area (Å²) in [6, 6.07) is 0. The van der Waals surface area contributed by atoms with E-state index in [-0.39, 0.29) is 5.91 Å². The standard InChI is InChI=1S/C27H49NO2/c1-3-5-7-9-11-13-15-18-22-26(29)23-19-17-21-25-28-27(30)24-20-16-14-12-10-8-6-4-2/h3-4H,1-2,5-25H2,(H,28,30). The highest BCUT2D eigenvalue weighted by molar-refractivity contribution is 5.78. The molecule has 0 aliphatic carbocycles. The van der Waals surface area contributed by atoms with Gasteiger partial charge in [-0.15, -0.1) is 13.2 Å². The summed E-state index contributed by atoms with van der Waals surface area (Å²) in [6.07, 6.45) is 25.7. The SMILES string of the molecule is C=CCCCCCCCCC(=O)CCCCCNC(=O)CCCCCCCCC=C. The quantitative estimate of drug-likeness (QED) is 0.128. The van der Waals surface area contributed by atoms with Crippen molar-refractivity contribution in [2.75, 3.05) is 6.54 Å². The van der Waals surface area contributed by atoms with Crippen LogP contribution in [0.1, 0.15) is 128 Å². The van der Waals surface area contributed by atoms with Gasteiger partial charge in [-0.3, -0.25) is 9.59 Å². The van der Waals surface area contributed by atoms with Gasteiger partial charge in [0, 0.05) is 25.8 Å². The van der Waals surface area contributed by atoms with E-state index in [0.717, 1.165) is 64.3 Å². The van der Waals surface area contributed by atoms with E-state index in [1.54, 1.807) is 0 Å². The van der Waals surface area contributed by atoms with Gasteiger partial charge in [-0.1, -0.05) is 69.9 Å². The molecule has 0 fully saturated rings. The van der Waals surface area contributed by atoms with Crippen molar-refractivity contribution in [3.63, 3.8) is 0 Å². The van der Waals surface area contributed by atoms with Crippen LogP contribution in [0.3, 0.4) is 0 Å². The van der Waals surface area contributed by atoms with Gasteiger partial charge in [0.05, 0.1) is 0 Å². The van der Waals surface area contributed by atoms with E-state index in [1.165, 1.54) is 57.8 Å². The molecular formula is C27H49NO2. The van der Waals surface area contributed by atoms with Crippen molar-refractivity contribution >= 4 is 11.7 Å². The predicted molar refractivity (Wildman–Crippen MR) is 131 cm³/mol. The molecule has 0 saturated carbocycles. The minimum atomic E-state index is 0.183. The summed E-state index contributed by atoms with van der Waals surface area (Å²) in [7, 11) is 0. The Morgan fingerprint density at radius 1 is 0.533 bits per heavy atom. The third-order valence-corrected chi connectivity index (χ3v) is 5.63. The van der Waals surface area contributed by atoms with Crippen LogP contribution in [0.5, 0.6) is 0 Å². The highest BCUT2D eigenvalue weighted by Gasteiger charge is 2.03. The zero-order valence-electron chi connectivity index (χ0n) is 19.7. The molecule has 1 amide bonds. The van der Waals surface area contributed by atoms with Crippen LogP contribution in [-0.2, 0) is 9.59 Å². The van der Waals surface area contributed by atoms with Crippen LogP contribution in [0.2, 0.25) is 0 Å². The van der Waals surface area contributed by atoms with Gasteiger partial charge in [0.1, 0.15) is 5.78 Å². The number of hydrogen-bond donors (Lipinski definition) is 1. The minimum Gasteiger partial charge on any atom is -0.356 e. The Kier molecular flexibility index (Phi) is 22.8. The van der Waals surface area contributed by atoms with Crippen LogP contribution in [0.25, 0.3) is 0 Å². The van der Waals surface area contributed by atoms with Crippen LogP contribution in [0.15, 0.2) is 25.3 Å². The fraction of sp³-hybridized carbons (Fsp3) is 0.778. The number of ketones is 1. The molecule has 0 spiro atoms. The molecule has 0 rings (SSSR count). The molecule has 0 saturated heterocycles. The normalized spacial score (nSPS) is 10.7. The molecule has 0 aliphatic rings. The van der Waals surface area contributed by atoms with Gasteiger partial charge in [-0.25, -0.2) is 0 Å². The molecule has 0 aromatic carbocycles. The Morgan fingerprint density at radius 3 is 1.43 bits per heavy atom. The summed E-state index contributed by atoms with van der Waals surface area (Å²) >= 11 is 0. The number of nitrogens with one attached hydrogen (secondary N) is 1. The zero-order valence-corrected chi connectivity index (χ0v) is 19.7. The van der Waals surface area contributed by atoms with Crippen molar-refractivity contribution in [1.29, 1.82) is 0 Å². The number of carbonyl (C=O) groups is 2. The minimum absolute atomic E-state index is 0.183. The molecule has 0 aliphatic heterocycles. The Bertz CT molecular complexity index is 391. The smallest absolute Gasteiger partial charge is 0.219 e. The molecule has 0 aromatic heterocycles. The summed E-state index contributed by atoms with van der Waals surface area (Å²) in [5.41, 5.74) is 0. The first-order valence-corrected chi connectivity index (χ1v) is 12.7. The van der Waals surface area contributed by atoms with Gasteiger partial charge in [0.25, 0.3) is 0 Å². The number of carbonyl (C=O) groups excluding carboxylic acids is 2. The van der Waals surface area contributed by atoms with Crippen molar-refractivity contribution in [3.05, 3.63) is 25.3 Å². The lowest BCUT2D eigenvalue weighted by molar-refractivity contribution is -0.121. The topological polar surface area (TPSA) is 46.2 Å². The van der Waals surface area contributed by atoms with E-state index in [0.29, 0.717) is 18.6 Å². The Morgan fingerprint density at radius 2 is 0.933 bits per heavy atom. The summed E-state index contributed by atoms with van der Waals surface area (Å²) in [5.74, 6) is 0.595. The Hall–Kier alpha value is -1.38. The molecule has 0 unspecified atom stereocenters. The molecule has 30 heavy (non-hydrogen) atoms. The molecule has 3 nitrogen and oxygen atoms in total. The van der Waals surface area contributed by atoms with Gasteiger partial charge >= 0.3 is 0 Å². The molecule has 0 radical (unpaired) electrons. The highest BCUT2D eigenvalue weighted by atomic mass is 16.1. The largest absolute Gasteiger partial charge is 0.356 e. The second-order valence-electron chi connectivity index (χ2n) is 8.60. The Balaban J connectivity index is 3.29. The molecule has 0 heterocycles. The first kappa shape index (κ1) is 28.6. The first-order chi connectivity index (χ1) is 14.7. The van der Waals surface area contributed by atoms with Gasteiger partial charge < -0.3 is 5.32 Å². The van der Waals surface area contributed by atoms with E-state index in [9.17, 15) is 9.59 Å². The van der Waals surface area contributed by atoms with Crippen LogP contribution in [0.4, 0.5) is 0 Å². The summed E-state index contributed by atoms with van der Waals surface area (Å²) in [6.45, 7) is 8.23. The Labute approximate surface area is 187 Å². The third-order valence-electron chi connectivity index (χ3n) is 5.63. The number of allylic oxidation sites excluding steroid dienone is 2. The lowest BCUT2D eigenvalue weighted by atomic mass is 10.0. The maximum atomic E-state index is 11.9. The second kappa shape index (κ2) is 23.9. The van der Waals surface area contributed by atoms with Crippen LogP contribution in [0, 0.1) is 0 Å². The average Bonchev–Trinajstić information content (AvgIpc) is 2.74. The molecule has 3 heteroatoms. The number of amides is 1. The number of Topliss-reactive ketones (excluding diaryl/α,β-unsaturated/α-hetero) is 1. The molecular weight excluding hydrogens is 370 g/mol. The number of hydrogen-bond acceptors (Lipinski definition) is 2. The van der Waals surface area contributed by atoms with Gasteiger partial charge in [-0.05, 0) is 51.4 Å². The van der Waals surface area contributed by atoms with Crippen molar-refractivity contribution in [3.8, 4) is 0 Å². The molecule has 0 bridgehead atoms. The van der Waals surface area contributed by atoms with E-state index in [4.69, 9.17) is 0 Å². The van der Waals surface area contributed by atoms with Crippen molar-refractivity contribution in [2.24, 2.45) is 0 Å². The lowest BCUT2D eigenvalue weighted by Crippen LogP contribution is -2.23. The number of rotatable bonds is 24. The molecule has 1 N–H and O–H groups in total. The van der Waals surface area contributed by atoms with Crippen molar-refractivity contribution < 1.29 is 9.59 Å². The monoisotopic (exact) mass is 419 g/mol. The molecule has 174 valence electrons. The van der Waals surface area contributed by atoms with Crippen LogP contribution < -0.4 is 5.32 Å². The van der Waals surface area contributed by atoms with Gasteiger partial charge in [0.15, 0.2) is 0 Å². The average molecular weight is 420 g/mol. The maximum Gasteiger partial charge on any atom is 0.219 e. The highest BCUT2D eigenvalue weighted by Crippen LogP contribution is 2.11. The second-order valence-corrected chi connectivity index (χ2v) is 8.60. The van der Waals surface area contributed by atoms with Crippen molar-refractivity contribution in [2.45, 2.75) is 128 Å². The predicted octanol–water partition coefficient (Wildman–Crippen LogP) is 7.85. The summed E-state index contributed by atoms with van der Waals surface area (Å²) in [4.78, 5) is 23.7. The lowest BCUT2D eigenvalue weighted by Gasteiger charge is -2.06. The van der Waals surface area contributed by atoms with Gasteiger partial charge in [0.2, 0.25) is 5.91 Å². The van der Waals surface area contributed by atoms with Crippen LogP contribution >= 0.6 is 0 Å². The summed E-state index contributed by atoms with van der Waals surface area (Å²) < 4.78 is 0.